The zero-order valence-corrected chi connectivity index (χ0v) is 9.41. The lowest BCUT2D eigenvalue weighted by Gasteiger charge is -1.93. The first kappa shape index (κ1) is 13.4. The fraction of sp³-hybridized carbons (Fsp3) is 0.692. The quantitative estimate of drug-likeness (QED) is 0.439. The smallest absolute Gasteiger partial charge is 0.0433 e. The fourth-order valence-corrected chi connectivity index (χ4v) is 1.25. The Morgan fingerprint density at radius 2 is 1.50 bits per heavy atom. The largest absolute Gasteiger partial charge is 0.396 e. The Labute approximate surface area is 88.5 Å². The molecule has 0 spiro atoms. The van der Waals surface area contributed by atoms with Crippen LogP contribution in [0.5, 0.6) is 0 Å². The van der Waals surface area contributed by atoms with E-state index in [1.807, 2.05) is 0 Å². The average molecular weight is 196 g/mol. The van der Waals surface area contributed by atoms with Crippen molar-refractivity contribution in [2.75, 3.05) is 6.61 Å². The highest BCUT2D eigenvalue weighted by Crippen LogP contribution is 2.02. The Balaban J connectivity index is 3.14. The van der Waals surface area contributed by atoms with Gasteiger partial charge in [-0.3, -0.25) is 0 Å². The monoisotopic (exact) mass is 196 g/mol. The molecule has 82 valence electrons. The second-order valence-corrected chi connectivity index (χ2v) is 3.57. The van der Waals surface area contributed by atoms with Crippen LogP contribution in [0.1, 0.15) is 51.9 Å². The van der Waals surface area contributed by atoms with E-state index in [4.69, 9.17) is 5.11 Å². The van der Waals surface area contributed by atoms with Crippen LogP contribution in [0, 0.1) is 0 Å². The van der Waals surface area contributed by atoms with Gasteiger partial charge >= 0.3 is 0 Å². The minimum Gasteiger partial charge on any atom is -0.396 e. The van der Waals surface area contributed by atoms with Gasteiger partial charge < -0.3 is 5.11 Å². The fourth-order valence-electron chi connectivity index (χ4n) is 1.25. The molecule has 0 saturated carbocycles. The molecule has 0 rings (SSSR count). The van der Waals surface area contributed by atoms with E-state index in [2.05, 4.69) is 31.2 Å². The number of aliphatic hydroxyl groups excluding tert-OH is 1. The van der Waals surface area contributed by atoms with Crippen molar-refractivity contribution in [2.24, 2.45) is 0 Å². The van der Waals surface area contributed by atoms with E-state index in [0.29, 0.717) is 6.61 Å². The van der Waals surface area contributed by atoms with Crippen molar-refractivity contribution < 1.29 is 5.11 Å². The van der Waals surface area contributed by atoms with Gasteiger partial charge in [0.15, 0.2) is 0 Å². The van der Waals surface area contributed by atoms with Crippen molar-refractivity contribution in [1.29, 1.82) is 0 Å². The first-order valence-corrected chi connectivity index (χ1v) is 5.84. The molecule has 0 aromatic carbocycles. The van der Waals surface area contributed by atoms with E-state index in [-0.39, 0.29) is 0 Å². The van der Waals surface area contributed by atoms with Gasteiger partial charge in [0.2, 0.25) is 0 Å². The summed E-state index contributed by atoms with van der Waals surface area (Å²) in [5.41, 5.74) is 0. The van der Waals surface area contributed by atoms with Crippen LogP contribution in [0.25, 0.3) is 0 Å². The lowest BCUT2D eigenvalue weighted by atomic mass is 10.1. The van der Waals surface area contributed by atoms with Crippen LogP contribution in [0.15, 0.2) is 24.3 Å². The zero-order valence-electron chi connectivity index (χ0n) is 9.41. The summed E-state index contributed by atoms with van der Waals surface area (Å²) >= 11 is 0. The van der Waals surface area contributed by atoms with Crippen molar-refractivity contribution in [3.63, 3.8) is 0 Å². The molecule has 0 fully saturated rings. The SMILES string of the molecule is CCCCCCC=CC=CCCCO. The summed E-state index contributed by atoms with van der Waals surface area (Å²) in [7, 11) is 0. The number of hydrogen-bond acceptors (Lipinski definition) is 1. The Morgan fingerprint density at radius 1 is 0.857 bits per heavy atom. The van der Waals surface area contributed by atoms with Gasteiger partial charge in [0.1, 0.15) is 0 Å². The third kappa shape index (κ3) is 11.4. The van der Waals surface area contributed by atoms with Gasteiger partial charge in [-0.1, -0.05) is 50.5 Å². The molecule has 0 aromatic heterocycles. The first-order chi connectivity index (χ1) is 6.91. The van der Waals surface area contributed by atoms with Gasteiger partial charge in [0.25, 0.3) is 0 Å². The van der Waals surface area contributed by atoms with Crippen molar-refractivity contribution >= 4 is 0 Å². The van der Waals surface area contributed by atoms with E-state index < -0.39 is 0 Å². The van der Waals surface area contributed by atoms with Gasteiger partial charge in [0.05, 0.1) is 0 Å². The highest BCUT2D eigenvalue weighted by Gasteiger charge is 1.83. The van der Waals surface area contributed by atoms with Crippen molar-refractivity contribution in [2.45, 2.75) is 51.9 Å². The standard InChI is InChI=1S/C13H24O/c1-2-3-4-5-6-7-8-9-10-11-12-13-14/h7-10,14H,2-6,11-13H2,1H3. The summed E-state index contributed by atoms with van der Waals surface area (Å²) in [4.78, 5) is 0. The average Bonchev–Trinajstić information content (AvgIpc) is 2.21. The van der Waals surface area contributed by atoms with E-state index >= 15 is 0 Å². The molecule has 14 heavy (non-hydrogen) atoms. The Bertz CT molecular complexity index is 147. The molecule has 0 amide bonds. The number of unbranched alkanes of at least 4 members (excludes halogenated alkanes) is 5. The Kier molecular flexibility index (Phi) is 11.9. The number of allylic oxidation sites excluding steroid dienone is 4. The van der Waals surface area contributed by atoms with Crippen molar-refractivity contribution in [3.05, 3.63) is 24.3 Å². The molecular weight excluding hydrogens is 172 g/mol. The first-order valence-electron chi connectivity index (χ1n) is 5.84. The van der Waals surface area contributed by atoms with Crippen molar-refractivity contribution in [1.82, 2.24) is 0 Å². The summed E-state index contributed by atoms with van der Waals surface area (Å²) in [6, 6.07) is 0. The molecule has 0 radical (unpaired) electrons. The third-order valence-corrected chi connectivity index (χ3v) is 2.14. The van der Waals surface area contributed by atoms with Gasteiger partial charge in [-0.05, 0) is 25.7 Å². The molecular formula is C13H24O. The van der Waals surface area contributed by atoms with E-state index in [0.717, 1.165) is 12.8 Å². The summed E-state index contributed by atoms with van der Waals surface area (Å²) in [5.74, 6) is 0. The number of hydrogen-bond donors (Lipinski definition) is 1. The van der Waals surface area contributed by atoms with E-state index in [9.17, 15) is 0 Å². The molecule has 0 aromatic rings. The molecule has 1 heteroatoms. The lowest BCUT2D eigenvalue weighted by molar-refractivity contribution is 0.289. The van der Waals surface area contributed by atoms with Crippen LogP contribution in [-0.4, -0.2) is 11.7 Å². The summed E-state index contributed by atoms with van der Waals surface area (Å²) < 4.78 is 0. The van der Waals surface area contributed by atoms with Gasteiger partial charge in [-0.25, -0.2) is 0 Å². The summed E-state index contributed by atoms with van der Waals surface area (Å²) in [5, 5.41) is 8.54. The normalized spacial score (nSPS) is 11.9. The molecule has 0 aliphatic carbocycles. The zero-order chi connectivity index (χ0) is 10.5. The van der Waals surface area contributed by atoms with Gasteiger partial charge in [-0.15, -0.1) is 0 Å². The van der Waals surface area contributed by atoms with Gasteiger partial charge in [0, 0.05) is 6.61 Å². The van der Waals surface area contributed by atoms with Crippen molar-refractivity contribution in [3.8, 4) is 0 Å². The Hall–Kier alpha value is -0.560. The molecule has 0 heterocycles. The number of aliphatic hydroxyl groups is 1. The Morgan fingerprint density at radius 3 is 2.07 bits per heavy atom. The number of rotatable bonds is 9. The molecule has 1 nitrogen and oxygen atoms in total. The topological polar surface area (TPSA) is 20.2 Å². The van der Waals surface area contributed by atoms with Crippen LogP contribution < -0.4 is 0 Å². The molecule has 0 aliphatic rings. The predicted octanol–water partition coefficient (Wildman–Crippen LogP) is 3.84. The van der Waals surface area contributed by atoms with Gasteiger partial charge in [-0.2, -0.15) is 0 Å². The minimum absolute atomic E-state index is 0.297. The van der Waals surface area contributed by atoms with Crippen LogP contribution in [-0.2, 0) is 0 Å². The van der Waals surface area contributed by atoms with Crippen LogP contribution in [0.4, 0.5) is 0 Å². The van der Waals surface area contributed by atoms with E-state index in [1.54, 1.807) is 0 Å². The highest BCUT2D eigenvalue weighted by molar-refractivity contribution is 5.02. The molecule has 0 saturated heterocycles. The predicted molar refractivity (Wildman–Crippen MR) is 63.4 cm³/mol. The van der Waals surface area contributed by atoms with Crippen LogP contribution in [0.2, 0.25) is 0 Å². The maximum atomic E-state index is 8.54. The summed E-state index contributed by atoms with van der Waals surface area (Å²) in [6.07, 6.45) is 16.9. The second-order valence-electron chi connectivity index (χ2n) is 3.57. The van der Waals surface area contributed by atoms with Crippen LogP contribution in [0.3, 0.4) is 0 Å². The molecule has 0 atom stereocenters. The minimum atomic E-state index is 0.297. The molecule has 0 bridgehead atoms. The molecule has 0 aliphatic heterocycles. The lowest BCUT2D eigenvalue weighted by Crippen LogP contribution is -1.77. The highest BCUT2D eigenvalue weighted by atomic mass is 16.2. The maximum absolute atomic E-state index is 8.54. The maximum Gasteiger partial charge on any atom is 0.0433 e. The molecule has 1 N–H and O–H groups in total. The molecule has 0 unspecified atom stereocenters. The summed E-state index contributed by atoms with van der Waals surface area (Å²) in [6.45, 7) is 2.53. The second kappa shape index (κ2) is 12.4. The van der Waals surface area contributed by atoms with Crippen LogP contribution >= 0.6 is 0 Å². The van der Waals surface area contributed by atoms with E-state index in [1.165, 1.54) is 32.1 Å². The third-order valence-electron chi connectivity index (χ3n) is 2.14.